The minimum absolute atomic E-state index is 0.0811. The van der Waals surface area contributed by atoms with Gasteiger partial charge in [-0.2, -0.15) is 0 Å². The molecule has 1 aliphatic carbocycles. The van der Waals surface area contributed by atoms with Crippen LogP contribution in [0.15, 0.2) is 35.4 Å². The van der Waals surface area contributed by atoms with Crippen LogP contribution in [0.1, 0.15) is 45.9 Å². The molecule has 1 aliphatic heterocycles. The van der Waals surface area contributed by atoms with E-state index in [1.165, 1.54) is 41.8 Å². The molecule has 0 bridgehead atoms. The second kappa shape index (κ2) is 8.06. The molecule has 1 N–H and O–H groups in total. The molecule has 9 nitrogen and oxygen atoms in total. The van der Waals surface area contributed by atoms with E-state index in [0.717, 1.165) is 23.5 Å². The summed E-state index contributed by atoms with van der Waals surface area (Å²) in [7, 11) is 1.50. The molecule has 33 heavy (non-hydrogen) atoms. The topological polar surface area (TPSA) is 96.5 Å². The van der Waals surface area contributed by atoms with Crippen LogP contribution in [-0.2, 0) is 7.05 Å². The SMILES string of the molecule is Cc1cc(C2CC2)cnc1N1CCN(C(=O)c2ccc(-n3c(C)c(O)n(C)c3=O)nc2)CC1. The number of carbonyl (C=O) groups is 1. The molecule has 3 aromatic rings. The van der Waals surface area contributed by atoms with E-state index < -0.39 is 0 Å². The molecular formula is C24H28N6O3. The van der Waals surface area contributed by atoms with Crippen LogP contribution in [0.3, 0.4) is 0 Å². The monoisotopic (exact) mass is 448 g/mol. The van der Waals surface area contributed by atoms with Gasteiger partial charge in [0, 0.05) is 45.6 Å². The molecule has 172 valence electrons. The van der Waals surface area contributed by atoms with Crippen LogP contribution < -0.4 is 10.6 Å². The Kier molecular flexibility index (Phi) is 5.19. The average molecular weight is 449 g/mol. The van der Waals surface area contributed by atoms with Crippen LogP contribution in [0, 0.1) is 13.8 Å². The van der Waals surface area contributed by atoms with Gasteiger partial charge in [-0.05, 0) is 55.9 Å². The molecule has 0 aromatic carbocycles. The van der Waals surface area contributed by atoms with Gasteiger partial charge >= 0.3 is 5.69 Å². The van der Waals surface area contributed by atoms with Gasteiger partial charge in [0.1, 0.15) is 11.6 Å². The molecule has 1 saturated carbocycles. The maximum absolute atomic E-state index is 13.0. The lowest BCUT2D eigenvalue weighted by Crippen LogP contribution is -2.49. The summed E-state index contributed by atoms with van der Waals surface area (Å²) >= 11 is 0. The number of hydrogen-bond acceptors (Lipinski definition) is 6. The second-order valence-corrected chi connectivity index (χ2v) is 8.95. The number of amides is 1. The molecule has 2 aliphatic rings. The number of anilines is 1. The first-order valence-corrected chi connectivity index (χ1v) is 11.3. The fourth-order valence-electron chi connectivity index (χ4n) is 4.51. The van der Waals surface area contributed by atoms with Gasteiger partial charge in [0.25, 0.3) is 5.91 Å². The van der Waals surface area contributed by atoms with E-state index in [-0.39, 0.29) is 17.5 Å². The minimum atomic E-state index is -0.387. The number of hydrogen-bond donors (Lipinski definition) is 1. The van der Waals surface area contributed by atoms with Crippen molar-refractivity contribution in [1.29, 1.82) is 0 Å². The summed E-state index contributed by atoms with van der Waals surface area (Å²) in [6.07, 6.45) is 6.02. The third-order valence-electron chi connectivity index (χ3n) is 6.67. The van der Waals surface area contributed by atoms with Crippen molar-refractivity contribution in [3.63, 3.8) is 0 Å². The molecule has 1 amide bonds. The number of pyridine rings is 2. The van der Waals surface area contributed by atoms with Crippen molar-refractivity contribution in [2.75, 3.05) is 31.1 Å². The molecule has 0 radical (unpaired) electrons. The van der Waals surface area contributed by atoms with E-state index in [4.69, 9.17) is 4.98 Å². The number of imidazole rings is 1. The normalized spacial score (nSPS) is 16.3. The Morgan fingerprint density at radius 3 is 2.33 bits per heavy atom. The zero-order valence-corrected chi connectivity index (χ0v) is 19.2. The average Bonchev–Trinajstić information content (AvgIpc) is 3.66. The first-order chi connectivity index (χ1) is 15.8. The van der Waals surface area contributed by atoms with Gasteiger partial charge < -0.3 is 14.9 Å². The van der Waals surface area contributed by atoms with E-state index >= 15 is 0 Å². The summed E-state index contributed by atoms with van der Waals surface area (Å²) in [5.74, 6) is 1.87. The smallest absolute Gasteiger partial charge is 0.336 e. The van der Waals surface area contributed by atoms with Gasteiger partial charge in [0.05, 0.1) is 11.3 Å². The molecule has 0 atom stereocenters. The Morgan fingerprint density at radius 1 is 1.06 bits per heavy atom. The van der Waals surface area contributed by atoms with Crippen molar-refractivity contribution >= 4 is 11.7 Å². The minimum Gasteiger partial charge on any atom is -0.493 e. The number of aryl methyl sites for hydroxylation is 1. The first-order valence-electron chi connectivity index (χ1n) is 11.3. The van der Waals surface area contributed by atoms with Gasteiger partial charge in [0.15, 0.2) is 0 Å². The first kappa shape index (κ1) is 21.2. The molecular weight excluding hydrogens is 420 g/mol. The number of rotatable bonds is 4. The van der Waals surface area contributed by atoms with Crippen LogP contribution >= 0.6 is 0 Å². The Hall–Kier alpha value is -3.62. The number of carbonyl (C=O) groups excluding carboxylic acids is 1. The lowest BCUT2D eigenvalue weighted by molar-refractivity contribution is 0.0746. The lowest BCUT2D eigenvalue weighted by atomic mass is 10.1. The summed E-state index contributed by atoms with van der Waals surface area (Å²) < 4.78 is 2.48. The second-order valence-electron chi connectivity index (χ2n) is 8.95. The number of piperazine rings is 1. The summed E-state index contributed by atoms with van der Waals surface area (Å²) in [6.45, 7) is 6.43. The van der Waals surface area contributed by atoms with Crippen molar-refractivity contribution in [1.82, 2.24) is 24.0 Å². The van der Waals surface area contributed by atoms with E-state index in [0.29, 0.717) is 36.1 Å². The standard InChI is InChI=1S/C24H28N6O3/c1-15-12-19(17-4-5-17)14-26-21(15)28-8-10-29(11-9-28)23(32)18-6-7-20(25-13-18)30-16(2)22(31)27(3)24(30)33/h6-7,12-14,17,31H,4-5,8-11H2,1-3H3. The highest BCUT2D eigenvalue weighted by molar-refractivity contribution is 5.94. The van der Waals surface area contributed by atoms with Gasteiger partial charge in [0.2, 0.25) is 5.88 Å². The van der Waals surface area contributed by atoms with Crippen LogP contribution in [-0.4, -0.2) is 61.2 Å². The van der Waals surface area contributed by atoms with Crippen molar-refractivity contribution in [3.8, 4) is 11.7 Å². The molecule has 3 aromatic heterocycles. The number of nitrogens with zero attached hydrogens (tertiary/aromatic N) is 6. The largest absolute Gasteiger partial charge is 0.493 e. The van der Waals surface area contributed by atoms with E-state index in [1.54, 1.807) is 19.1 Å². The summed E-state index contributed by atoms with van der Waals surface area (Å²) in [5.41, 5.74) is 3.02. The summed E-state index contributed by atoms with van der Waals surface area (Å²) in [6, 6.07) is 5.56. The van der Waals surface area contributed by atoms with Crippen molar-refractivity contribution in [3.05, 3.63) is 63.5 Å². The molecule has 0 spiro atoms. The fraction of sp³-hybridized carbons (Fsp3) is 0.417. The lowest BCUT2D eigenvalue weighted by Gasteiger charge is -2.36. The number of aromatic hydroxyl groups is 1. The maximum Gasteiger partial charge on any atom is 0.336 e. The predicted molar refractivity (Wildman–Crippen MR) is 124 cm³/mol. The number of aromatic nitrogens is 4. The highest BCUT2D eigenvalue weighted by Gasteiger charge is 2.27. The van der Waals surface area contributed by atoms with Gasteiger partial charge in [-0.1, -0.05) is 6.07 Å². The van der Waals surface area contributed by atoms with Crippen molar-refractivity contribution in [2.45, 2.75) is 32.6 Å². The molecule has 1 saturated heterocycles. The summed E-state index contributed by atoms with van der Waals surface area (Å²) in [5, 5.41) is 9.99. The zero-order valence-electron chi connectivity index (χ0n) is 19.2. The van der Waals surface area contributed by atoms with Crippen molar-refractivity contribution < 1.29 is 9.90 Å². The third-order valence-corrected chi connectivity index (χ3v) is 6.67. The van der Waals surface area contributed by atoms with Crippen LogP contribution in [0.5, 0.6) is 5.88 Å². The Morgan fingerprint density at radius 2 is 1.79 bits per heavy atom. The highest BCUT2D eigenvalue weighted by atomic mass is 16.3. The molecule has 9 heteroatoms. The van der Waals surface area contributed by atoms with Gasteiger partial charge in [-0.3, -0.25) is 9.36 Å². The van der Waals surface area contributed by atoms with E-state index in [2.05, 4.69) is 22.9 Å². The maximum atomic E-state index is 13.0. The van der Waals surface area contributed by atoms with Crippen LogP contribution in [0.2, 0.25) is 0 Å². The quantitative estimate of drug-likeness (QED) is 0.657. The van der Waals surface area contributed by atoms with E-state index in [1.807, 2.05) is 11.1 Å². The summed E-state index contributed by atoms with van der Waals surface area (Å²) in [4.78, 5) is 38.5. The Bertz CT molecular complexity index is 1260. The van der Waals surface area contributed by atoms with Crippen molar-refractivity contribution in [2.24, 2.45) is 7.05 Å². The van der Waals surface area contributed by atoms with Gasteiger partial charge in [-0.25, -0.2) is 19.3 Å². The molecule has 4 heterocycles. The Balaban J connectivity index is 1.26. The molecule has 2 fully saturated rings. The molecule has 5 rings (SSSR count). The van der Waals surface area contributed by atoms with Crippen LogP contribution in [0.25, 0.3) is 5.82 Å². The fourth-order valence-corrected chi connectivity index (χ4v) is 4.51. The Labute approximate surface area is 191 Å². The zero-order chi connectivity index (χ0) is 23.3. The third kappa shape index (κ3) is 3.77. The predicted octanol–water partition coefficient (Wildman–Crippen LogP) is 2.13. The van der Waals surface area contributed by atoms with E-state index in [9.17, 15) is 14.7 Å². The molecule has 0 unspecified atom stereocenters. The van der Waals surface area contributed by atoms with Crippen LogP contribution in [0.4, 0.5) is 5.82 Å². The highest BCUT2D eigenvalue weighted by Crippen LogP contribution is 2.40. The van der Waals surface area contributed by atoms with Gasteiger partial charge in [-0.15, -0.1) is 0 Å².